The molecule has 2 heterocycles. The number of H-pyrrole nitrogens is 1. The van der Waals surface area contributed by atoms with Crippen molar-refractivity contribution in [2.75, 3.05) is 6.54 Å². The predicted octanol–water partition coefficient (Wildman–Crippen LogP) is 1.09. The van der Waals surface area contributed by atoms with Crippen LogP contribution in [-0.2, 0) is 16.4 Å². The number of benzene rings is 1. The number of aliphatic imine (C=N–C) groups is 2. The van der Waals surface area contributed by atoms with E-state index < -0.39 is 10.0 Å². The highest BCUT2D eigenvalue weighted by Gasteiger charge is 2.16. The molecule has 4 N–H and O–H groups in total. The lowest BCUT2D eigenvalue weighted by molar-refractivity contribution is 0.456. The molecule has 0 fully saturated rings. The Morgan fingerprint density at radius 3 is 2.73 bits per heavy atom. The molecule has 0 spiro atoms. The number of fused-ring (bicyclic) bond motifs is 1. The van der Waals surface area contributed by atoms with E-state index in [2.05, 4.69) is 15.0 Å². The first-order chi connectivity index (χ1) is 10.4. The van der Waals surface area contributed by atoms with E-state index in [1.165, 1.54) is 12.1 Å². The molecule has 1 aromatic heterocycles. The average Bonchev–Trinajstić information content (AvgIpc) is 2.80. The summed E-state index contributed by atoms with van der Waals surface area (Å²) in [7, 11) is -3.71. The smallest absolute Gasteiger partial charge is 0.238 e. The number of aromatic nitrogens is 1. The molecule has 0 atom stereocenters. The second-order valence-corrected chi connectivity index (χ2v) is 6.42. The van der Waals surface area contributed by atoms with E-state index in [1.54, 1.807) is 24.6 Å². The van der Waals surface area contributed by atoms with Crippen LogP contribution in [0.4, 0.5) is 5.69 Å². The Hall–Kier alpha value is -2.45. The van der Waals surface area contributed by atoms with Crippen molar-refractivity contribution in [1.29, 1.82) is 0 Å². The van der Waals surface area contributed by atoms with Crippen molar-refractivity contribution in [2.45, 2.75) is 11.3 Å². The topological polar surface area (TPSA) is 121 Å². The third kappa shape index (κ3) is 2.78. The molecule has 0 amide bonds. The highest BCUT2D eigenvalue weighted by atomic mass is 32.2. The summed E-state index contributed by atoms with van der Waals surface area (Å²) in [6, 6.07) is 5.88. The van der Waals surface area contributed by atoms with E-state index in [1.807, 2.05) is 0 Å². The van der Waals surface area contributed by atoms with Crippen molar-refractivity contribution >= 4 is 28.1 Å². The van der Waals surface area contributed by atoms with Crippen LogP contribution in [0.1, 0.15) is 16.8 Å². The maximum absolute atomic E-state index is 11.2. The quantitative estimate of drug-likeness (QED) is 0.734. The summed E-state index contributed by atoms with van der Waals surface area (Å²) in [4.78, 5) is 11.3. The van der Waals surface area contributed by atoms with Crippen LogP contribution in [0.15, 0.2) is 39.1 Å². The summed E-state index contributed by atoms with van der Waals surface area (Å²) in [5, 5.41) is 15.0. The zero-order valence-electron chi connectivity index (χ0n) is 11.5. The molecular weight excluding hydrogens is 304 g/mol. The lowest BCUT2D eigenvalue weighted by atomic mass is 10.1. The molecule has 1 aliphatic heterocycles. The van der Waals surface area contributed by atoms with Gasteiger partial charge < -0.3 is 10.1 Å². The van der Waals surface area contributed by atoms with Gasteiger partial charge in [0.1, 0.15) is 0 Å². The van der Waals surface area contributed by atoms with Crippen molar-refractivity contribution in [1.82, 2.24) is 4.98 Å². The van der Waals surface area contributed by atoms with Crippen LogP contribution in [0.2, 0.25) is 0 Å². The molecule has 22 heavy (non-hydrogen) atoms. The number of hydrogen-bond donors (Lipinski definition) is 3. The predicted molar refractivity (Wildman–Crippen MR) is 83.7 cm³/mol. The van der Waals surface area contributed by atoms with Gasteiger partial charge in [-0.1, -0.05) is 0 Å². The van der Waals surface area contributed by atoms with Crippen LogP contribution in [0.5, 0.6) is 5.88 Å². The minimum absolute atomic E-state index is 0.0320. The van der Waals surface area contributed by atoms with Gasteiger partial charge in [0.15, 0.2) is 5.88 Å². The second kappa shape index (κ2) is 5.39. The first-order valence-corrected chi connectivity index (χ1v) is 8.10. The maximum Gasteiger partial charge on any atom is 0.238 e. The highest BCUT2D eigenvalue weighted by Crippen LogP contribution is 2.25. The zero-order valence-corrected chi connectivity index (χ0v) is 12.3. The molecule has 0 radical (unpaired) electrons. The number of nitrogens with two attached hydrogens (primary N) is 1. The monoisotopic (exact) mass is 318 g/mol. The molecule has 1 aliphatic rings. The van der Waals surface area contributed by atoms with Gasteiger partial charge in [0.2, 0.25) is 10.0 Å². The van der Waals surface area contributed by atoms with E-state index >= 15 is 0 Å². The molecule has 7 nitrogen and oxygen atoms in total. The van der Waals surface area contributed by atoms with Gasteiger partial charge in [-0.05, 0) is 36.2 Å². The number of aromatic hydroxyl groups is 1. The number of aromatic amines is 1. The van der Waals surface area contributed by atoms with Gasteiger partial charge >= 0.3 is 0 Å². The fourth-order valence-electron chi connectivity index (χ4n) is 2.27. The third-order valence-electron chi connectivity index (χ3n) is 3.38. The fourth-order valence-corrected chi connectivity index (χ4v) is 2.79. The number of nitrogens with zero attached hydrogens (tertiary/aromatic N) is 2. The van der Waals surface area contributed by atoms with Crippen molar-refractivity contribution in [3.63, 3.8) is 0 Å². The van der Waals surface area contributed by atoms with Crippen LogP contribution in [0.3, 0.4) is 0 Å². The molecule has 3 rings (SSSR count). The summed E-state index contributed by atoms with van der Waals surface area (Å²) in [5.74, 6) is 0.0447. The van der Waals surface area contributed by atoms with Crippen LogP contribution in [-0.4, -0.2) is 37.5 Å². The molecule has 0 unspecified atom stereocenters. The Morgan fingerprint density at radius 1 is 1.32 bits per heavy atom. The SMILES string of the molecule is NS(=O)(=O)c1ccc(N=Cc2c(O)[nH]c3c2CCN=C3)cc1. The Morgan fingerprint density at radius 2 is 2.05 bits per heavy atom. The first-order valence-electron chi connectivity index (χ1n) is 6.56. The standard InChI is InChI=1S/C14H14N4O3S/c15-22(20,21)10-3-1-9(2-4-10)17-7-12-11-5-6-16-8-13(11)18-14(12)19/h1-4,7-8,18-19H,5-6H2,(H2,15,20,21). The minimum atomic E-state index is -3.71. The maximum atomic E-state index is 11.2. The second-order valence-electron chi connectivity index (χ2n) is 4.86. The molecular formula is C14H14N4O3S. The van der Waals surface area contributed by atoms with Crippen LogP contribution >= 0.6 is 0 Å². The first kappa shape index (κ1) is 14.5. The summed E-state index contributed by atoms with van der Waals surface area (Å²) in [6.45, 7) is 0.675. The Labute approximate surface area is 127 Å². The van der Waals surface area contributed by atoms with Gasteiger partial charge in [-0.25, -0.2) is 13.6 Å². The average molecular weight is 318 g/mol. The fraction of sp³-hybridized carbons (Fsp3) is 0.143. The van der Waals surface area contributed by atoms with Crippen LogP contribution < -0.4 is 5.14 Å². The molecule has 2 aromatic rings. The molecule has 0 aliphatic carbocycles. The molecule has 114 valence electrons. The molecule has 8 heteroatoms. The van der Waals surface area contributed by atoms with Gasteiger partial charge in [-0.15, -0.1) is 0 Å². The summed E-state index contributed by atoms with van der Waals surface area (Å²) in [6.07, 6.45) is 3.97. The van der Waals surface area contributed by atoms with E-state index in [4.69, 9.17) is 5.14 Å². The van der Waals surface area contributed by atoms with E-state index in [0.717, 1.165) is 17.7 Å². The Bertz CT molecular complexity index is 864. The summed E-state index contributed by atoms with van der Waals surface area (Å²) in [5.41, 5.74) is 2.94. The molecule has 0 bridgehead atoms. The van der Waals surface area contributed by atoms with Gasteiger partial charge in [-0.2, -0.15) is 0 Å². The van der Waals surface area contributed by atoms with E-state index in [-0.39, 0.29) is 10.8 Å². The molecule has 0 saturated heterocycles. The van der Waals surface area contributed by atoms with Gasteiger partial charge in [0.25, 0.3) is 0 Å². The van der Waals surface area contributed by atoms with Gasteiger partial charge in [0, 0.05) is 19.0 Å². The number of nitrogens with one attached hydrogen (secondary N) is 1. The van der Waals surface area contributed by atoms with Gasteiger partial charge in [-0.3, -0.25) is 9.98 Å². The molecule has 0 saturated carbocycles. The van der Waals surface area contributed by atoms with Crippen LogP contribution in [0, 0.1) is 0 Å². The highest BCUT2D eigenvalue weighted by molar-refractivity contribution is 7.89. The normalized spacial score (nSPS) is 14.4. The third-order valence-corrected chi connectivity index (χ3v) is 4.31. The number of hydrogen-bond acceptors (Lipinski definition) is 5. The van der Waals surface area contributed by atoms with E-state index in [9.17, 15) is 13.5 Å². The molecule has 1 aromatic carbocycles. The number of rotatable bonds is 3. The zero-order chi connectivity index (χ0) is 15.7. The lowest BCUT2D eigenvalue weighted by Gasteiger charge is -2.04. The van der Waals surface area contributed by atoms with Crippen molar-refractivity contribution < 1.29 is 13.5 Å². The Balaban J connectivity index is 1.89. The summed E-state index contributed by atoms with van der Waals surface area (Å²) < 4.78 is 22.4. The number of primary sulfonamides is 1. The van der Waals surface area contributed by atoms with Crippen molar-refractivity contribution in [3.8, 4) is 5.88 Å². The van der Waals surface area contributed by atoms with E-state index in [0.29, 0.717) is 17.8 Å². The largest absolute Gasteiger partial charge is 0.494 e. The van der Waals surface area contributed by atoms with Gasteiger partial charge in [0.05, 0.1) is 21.8 Å². The minimum Gasteiger partial charge on any atom is -0.494 e. The van der Waals surface area contributed by atoms with Crippen molar-refractivity contribution in [3.05, 3.63) is 41.1 Å². The Kier molecular flexibility index (Phi) is 3.55. The number of sulfonamides is 1. The van der Waals surface area contributed by atoms with Crippen LogP contribution in [0.25, 0.3) is 0 Å². The summed E-state index contributed by atoms with van der Waals surface area (Å²) >= 11 is 0. The lowest BCUT2D eigenvalue weighted by Crippen LogP contribution is -2.11. The van der Waals surface area contributed by atoms with Crippen molar-refractivity contribution in [2.24, 2.45) is 15.1 Å².